The maximum Gasteiger partial charge on any atom is 0.278 e. The third-order valence-corrected chi connectivity index (χ3v) is 14.8. The number of fused-ring (bicyclic) bond motifs is 1. The van der Waals surface area contributed by atoms with Crippen LogP contribution in [0.3, 0.4) is 0 Å². The normalized spacial score (nSPS) is 24.7. The molecule has 5 fully saturated rings. The number of anilines is 2. The first-order valence-corrected chi connectivity index (χ1v) is 22.1. The summed E-state index contributed by atoms with van der Waals surface area (Å²) in [6.07, 6.45) is 5.78. The summed E-state index contributed by atoms with van der Waals surface area (Å²) in [7, 11) is 0. The number of nitriles is 1. The van der Waals surface area contributed by atoms with Crippen LogP contribution >= 0.6 is 11.6 Å². The molecule has 4 aromatic rings. The van der Waals surface area contributed by atoms with E-state index in [1.54, 1.807) is 30.5 Å². The minimum absolute atomic E-state index is 0.0847. The zero-order chi connectivity index (χ0) is 43.7. The SMILES string of the molecule is CC1(C)C(Oc2ccc(C#N)c(Cl)c2)C(C)(C)C1N1C(=O)CCC(n2nnc3ccc(N4CCC(CN5CC6(CCN(c7ccc(C(N)=O)cn7)CC6)C5)CC4)cc3c2=O)C1=O. The Labute approximate surface area is 365 Å². The lowest BCUT2D eigenvalue weighted by Gasteiger charge is -2.65. The minimum atomic E-state index is -0.979. The topological polar surface area (TPSA) is 184 Å². The predicted octanol–water partition coefficient (Wildman–Crippen LogP) is 5.20. The minimum Gasteiger partial charge on any atom is -0.489 e. The van der Waals surface area contributed by atoms with Gasteiger partial charge in [-0.25, -0.2) is 4.98 Å². The molecule has 1 aliphatic carbocycles. The van der Waals surface area contributed by atoms with Gasteiger partial charge in [0, 0.05) is 81.0 Å². The van der Waals surface area contributed by atoms with Gasteiger partial charge in [-0.05, 0) is 85.9 Å². The number of imide groups is 1. The van der Waals surface area contributed by atoms with Crippen molar-refractivity contribution in [1.29, 1.82) is 5.26 Å². The molecule has 2 N–H and O–H groups in total. The Morgan fingerprint density at radius 2 is 1.66 bits per heavy atom. The van der Waals surface area contributed by atoms with Gasteiger partial charge in [0.05, 0.1) is 27.6 Å². The van der Waals surface area contributed by atoms with Gasteiger partial charge in [-0.15, -0.1) is 5.10 Å². The number of carbonyl (C=O) groups excluding carboxylic acids is 3. The second kappa shape index (κ2) is 15.6. The smallest absolute Gasteiger partial charge is 0.278 e. The summed E-state index contributed by atoms with van der Waals surface area (Å²) >= 11 is 6.29. The van der Waals surface area contributed by atoms with E-state index < -0.39 is 46.4 Å². The number of hydrogen-bond donors (Lipinski definition) is 1. The fourth-order valence-corrected chi connectivity index (χ4v) is 11.8. The summed E-state index contributed by atoms with van der Waals surface area (Å²) in [6, 6.07) is 14.8. The van der Waals surface area contributed by atoms with Crippen molar-refractivity contribution < 1.29 is 19.1 Å². The molecule has 0 radical (unpaired) electrons. The highest BCUT2D eigenvalue weighted by Crippen LogP contribution is 2.59. The van der Waals surface area contributed by atoms with Crippen molar-refractivity contribution in [2.45, 2.75) is 84.4 Å². The van der Waals surface area contributed by atoms with E-state index in [2.05, 4.69) is 36.1 Å². The fraction of sp³-hybridized carbons (Fsp3) is 0.522. The lowest BCUT2D eigenvalue weighted by molar-refractivity contribution is -0.216. The van der Waals surface area contributed by atoms with Crippen LogP contribution in [0, 0.1) is 33.5 Å². The molecule has 324 valence electrons. The fourth-order valence-electron chi connectivity index (χ4n) is 11.6. The molecule has 1 saturated carbocycles. The number of primary amides is 1. The lowest BCUT2D eigenvalue weighted by atomic mass is 9.48. The summed E-state index contributed by atoms with van der Waals surface area (Å²) in [5.74, 6) is 0.777. The monoisotopic (exact) mass is 860 g/mol. The van der Waals surface area contributed by atoms with Crippen LogP contribution in [0.15, 0.2) is 59.5 Å². The first-order valence-electron chi connectivity index (χ1n) is 21.7. The van der Waals surface area contributed by atoms with E-state index in [0.29, 0.717) is 39.1 Å². The number of halogens is 1. The van der Waals surface area contributed by atoms with Crippen molar-refractivity contribution in [1.82, 2.24) is 29.8 Å². The standard InChI is InChI=1S/C46H53ClN10O5/c1-44(2)42(45(3,4)43(44)62-32-8-5-29(23-48)34(47)22-32)56-38(58)12-10-36(41(56)61)57-40(60)33-21-31(7-9-35(33)51-52-57)54-17-13-28(14-18-54)25-53-26-46(27-53)15-19-55(20-16-46)37-11-6-30(24-50-37)39(49)59/h5-9,11,21-22,24,28,36,42-43H,10,12-20,25-27H2,1-4H3,(H2,49,59). The lowest BCUT2D eigenvalue weighted by Crippen LogP contribution is -2.77. The van der Waals surface area contributed by atoms with Crippen LogP contribution in [0.4, 0.5) is 11.5 Å². The highest BCUT2D eigenvalue weighted by molar-refractivity contribution is 6.31. The number of benzene rings is 2. The Bertz CT molecular complexity index is 2510. The molecule has 2 aromatic carbocycles. The number of piperidine rings is 3. The molecule has 5 aliphatic rings. The average Bonchev–Trinajstić information content (AvgIpc) is 3.24. The molecule has 1 atom stereocenters. The number of aromatic nitrogens is 4. The van der Waals surface area contributed by atoms with E-state index in [1.165, 1.54) is 9.58 Å². The van der Waals surface area contributed by atoms with Crippen LogP contribution in [-0.4, -0.2) is 105 Å². The van der Waals surface area contributed by atoms with Crippen LogP contribution in [0.1, 0.15) is 88.2 Å². The van der Waals surface area contributed by atoms with E-state index >= 15 is 0 Å². The Hall–Kier alpha value is -5.59. The second-order valence-corrected chi connectivity index (χ2v) is 19.8. The molecule has 2 aromatic heterocycles. The van der Waals surface area contributed by atoms with Crippen molar-refractivity contribution in [2.24, 2.45) is 27.9 Å². The third-order valence-electron chi connectivity index (χ3n) is 14.5. The molecule has 1 unspecified atom stereocenters. The number of hydrogen-bond acceptors (Lipinski definition) is 12. The first-order chi connectivity index (χ1) is 29.6. The van der Waals surface area contributed by atoms with E-state index in [4.69, 9.17) is 22.1 Å². The van der Waals surface area contributed by atoms with Crippen LogP contribution in [0.2, 0.25) is 5.02 Å². The van der Waals surface area contributed by atoms with Crippen molar-refractivity contribution in [3.05, 3.63) is 81.2 Å². The van der Waals surface area contributed by atoms with Gasteiger partial charge in [0.25, 0.3) is 11.5 Å². The number of rotatable bonds is 9. The van der Waals surface area contributed by atoms with Gasteiger partial charge in [0.15, 0.2) is 0 Å². The molecule has 4 aliphatic heterocycles. The molecule has 9 rings (SSSR count). The highest BCUT2D eigenvalue weighted by atomic mass is 35.5. The van der Waals surface area contributed by atoms with E-state index in [-0.39, 0.29) is 23.8 Å². The molecule has 3 amide bonds. The molecular weight excluding hydrogens is 808 g/mol. The Morgan fingerprint density at radius 3 is 2.31 bits per heavy atom. The van der Waals surface area contributed by atoms with Gasteiger partial charge >= 0.3 is 0 Å². The maximum absolute atomic E-state index is 14.4. The van der Waals surface area contributed by atoms with Gasteiger partial charge in [-0.3, -0.25) is 24.1 Å². The summed E-state index contributed by atoms with van der Waals surface area (Å²) in [5.41, 5.74) is 6.21. The number of carbonyl (C=O) groups is 3. The molecule has 1 spiro atoms. The molecule has 16 heteroatoms. The quantitative estimate of drug-likeness (QED) is 0.218. The van der Waals surface area contributed by atoms with Gasteiger partial charge in [-0.2, -0.15) is 9.94 Å². The van der Waals surface area contributed by atoms with Crippen molar-refractivity contribution in [3.63, 3.8) is 0 Å². The van der Waals surface area contributed by atoms with Crippen molar-refractivity contribution >= 4 is 51.7 Å². The van der Waals surface area contributed by atoms with Gasteiger partial charge < -0.3 is 25.2 Å². The summed E-state index contributed by atoms with van der Waals surface area (Å²) in [4.78, 5) is 66.7. The first kappa shape index (κ1) is 41.7. The van der Waals surface area contributed by atoms with Gasteiger partial charge in [-0.1, -0.05) is 44.5 Å². The number of amides is 3. The number of nitrogens with zero attached hydrogens (tertiary/aromatic N) is 9. The Morgan fingerprint density at radius 1 is 0.935 bits per heavy atom. The second-order valence-electron chi connectivity index (χ2n) is 19.4. The molecule has 4 saturated heterocycles. The highest BCUT2D eigenvalue weighted by Gasteiger charge is 2.68. The molecule has 62 heavy (non-hydrogen) atoms. The molecule has 6 heterocycles. The number of pyridine rings is 1. The average molecular weight is 861 g/mol. The number of likely N-dealkylation sites (tertiary alicyclic amines) is 2. The summed E-state index contributed by atoms with van der Waals surface area (Å²) in [6.45, 7) is 14.9. The number of nitrogens with two attached hydrogens (primary N) is 1. The maximum atomic E-state index is 14.4. The van der Waals surface area contributed by atoms with Crippen LogP contribution in [0.5, 0.6) is 5.75 Å². The Kier molecular flexibility index (Phi) is 10.5. The molecule has 15 nitrogen and oxygen atoms in total. The van der Waals surface area contributed by atoms with Crippen molar-refractivity contribution in [3.8, 4) is 11.8 Å². The van der Waals surface area contributed by atoms with Crippen LogP contribution in [-0.2, 0) is 9.59 Å². The van der Waals surface area contributed by atoms with Crippen LogP contribution in [0.25, 0.3) is 10.9 Å². The molecular formula is C46H53ClN10O5. The zero-order valence-corrected chi connectivity index (χ0v) is 36.5. The van der Waals surface area contributed by atoms with Gasteiger partial charge in [0.2, 0.25) is 11.8 Å². The summed E-state index contributed by atoms with van der Waals surface area (Å²) in [5, 5.41) is 18.6. The predicted molar refractivity (Wildman–Crippen MR) is 234 cm³/mol. The molecule has 0 bridgehead atoms. The summed E-state index contributed by atoms with van der Waals surface area (Å²) < 4.78 is 7.60. The third kappa shape index (κ3) is 7.24. The van der Waals surface area contributed by atoms with E-state index in [9.17, 15) is 24.4 Å². The van der Waals surface area contributed by atoms with E-state index in [0.717, 1.165) is 83.0 Å². The Balaban J connectivity index is 0.818. The number of ether oxygens (including phenoxy) is 1. The van der Waals surface area contributed by atoms with Crippen molar-refractivity contribution in [2.75, 3.05) is 55.6 Å². The van der Waals surface area contributed by atoms with E-state index in [1.807, 2.05) is 52.0 Å². The van der Waals surface area contributed by atoms with Gasteiger partial charge in [0.1, 0.15) is 35.3 Å². The largest absolute Gasteiger partial charge is 0.489 e. The zero-order valence-electron chi connectivity index (χ0n) is 35.7. The van der Waals surface area contributed by atoms with Crippen LogP contribution < -0.4 is 25.8 Å².